The molecule has 0 amide bonds. The number of aryl methyl sites for hydroxylation is 1. The summed E-state index contributed by atoms with van der Waals surface area (Å²) in [7, 11) is 5.34. The Morgan fingerprint density at radius 1 is 1.07 bits per heavy atom. The molecule has 6 nitrogen and oxygen atoms in total. The molecule has 1 fully saturated rings. The van der Waals surface area contributed by atoms with Crippen LogP contribution in [-0.2, 0) is 6.42 Å². The van der Waals surface area contributed by atoms with Crippen LogP contribution in [0.3, 0.4) is 0 Å². The Bertz CT molecular complexity index is 1430. The molecule has 4 aromatic rings. The number of hydrogen-bond acceptors (Lipinski definition) is 7. The number of ether oxygens (including phenoxy) is 1. The van der Waals surface area contributed by atoms with Crippen molar-refractivity contribution >= 4 is 46.1 Å². The molecule has 5 rings (SSSR count). The Hall–Kier alpha value is -3.07. The highest BCUT2D eigenvalue weighted by Gasteiger charge is 2.17. The molecule has 1 aromatic heterocycles. The first-order valence-electron chi connectivity index (χ1n) is 13.7. The van der Waals surface area contributed by atoms with Crippen LogP contribution in [0.15, 0.2) is 59.6 Å². The largest absolute Gasteiger partial charge is 0.496 e. The van der Waals surface area contributed by atoms with E-state index in [0.29, 0.717) is 34.0 Å². The minimum Gasteiger partial charge on any atom is -0.496 e. The molecule has 1 heterocycles. The van der Waals surface area contributed by atoms with Crippen LogP contribution in [0.4, 0.5) is 16.0 Å². The average Bonchev–Trinajstić information content (AvgIpc) is 2.97. The zero-order chi connectivity index (χ0) is 28.5. The number of methoxy groups -OCH3 is 1. The smallest absolute Gasteiger partial charge is 0.223 e. The van der Waals surface area contributed by atoms with Crippen LogP contribution in [-0.4, -0.2) is 37.2 Å². The van der Waals surface area contributed by atoms with E-state index in [0.717, 1.165) is 46.2 Å². The summed E-state index contributed by atoms with van der Waals surface area (Å²) in [6, 6.07) is 15.1. The topological polar surface area (TPSA) is 71.1 Å². The number of benzene rings is 3. The fraction of sp³-hybridized carbons (Fsp3) is 0.355. The summed E-state index contributed by atoms with van der Waals surface area (Å²) >= 11 is 7.49. The van der Waals surface area contributed by atoms with Crippen molar-refractivity contribution in [3.05, 3.63) is 71.1 Å². The molecule has 9 heteroatoms. The van der Waals surface area contributed by atoms with Gasteiger partial charge < -0.3 is 20.1 Å². The molecule has 0 atom stereocenters. The number of fused-ring (bicyclic) bond motifs is 1. The normalized spacial score (nSPS) is 13.4. The summed E-state index contributed by atoms with van der Waals surface area (Å²) in [5.41, 5.74) is 3.87. The number of nitrogens with one attached hydrogen (secondary N) is 3. The molecule has 0 radical (unpaired) electrons. The lowest BCUT2D eigenvalue weighted by Crippen LogP contribution is -2.23. The second kappa shape index (κ2) is 14.5. The van der Waals surface area contributed by atoms with Gasteiger partial charge in [0.1, 0.15) is 11.6 Å². The lowest BCUT2D eigenvalue weighted by atomic mass is 9.96. The Kier molecular flexibility index (Phi) is 10.9. The van der Waals surface area contributed by atoms with Gasteiger partial charge in [-0.2, -0.15) is 0 Å². The number of hydrogen-bond donors (Lipinski definition) is 3. The van der Waals surface area contributed by atoms with Gasteiger partial charge in [0.2, 0.25) is 5.95 Å². The SMILES string of the molecule is CCc1cc(-c2cc(F)c(NSc3ccccc3Cl)cc2OC)cc2cnc(NC3CCCCC3)nc12.CNC. The monoisotopic (exact) mass is 581 g/mol. The van der Waals surface area contributed by atoms with E-state index in [9.17, 15) is 0 Å². The number of halogens is 2. The van der Waals surface area contributed by atoms with Gasteiger partial charge in [-0.25, -0.2) is 14.4 Å². The van der Waals surface area contributed by atoms with Crippen molar-refractivity contribution in [3.63, 3.8) is 0 Å². The zero-order valence-corrected chi connectivity index (χ0v) is 25.1. The van der Waals surface area contributed by atoms with Crippen molar-refractivity contribution in [3.8, 4) is 16.9 Å². The van der Waals surface area contributed by atoms with Gasteiger partial charge in [-0.3, -0.25) is 0 Å². The molecule has 40 heavy (non-hydrogen) atoms. The van der Waals surface area contributed by atoms with Gasteiger partial charge in [0.15, 0.2) is 0 Å². The van der Waals surface area contributed by atoms with Crippen LogP contribution in [0, 0.1) is 5.82 Å². The van der Waals surface area contributed by atoms with Crippen LogP contribution < -0.4 is 20.1 Å². The Labute approximate surface area is 245 Å². The molecular formula is C31H37ClFN5OS. The first-order valence-corrected chi connectivity index (χ1v) is 14.9. The first-order chi connectivity index (χ1) is 19.5. The van der Waals surface area contributed by atoms with Crippen LogP contribution in [0.25, 0.3) is 22.0 Å². The van der Waals surface area contributed by atoms with Gasteiger partial charge in [0.05, 0.1) is 23.3 Å². The molecule has 0 saturated heterocycles. The quantitative estimate of drug-likeness (QED) is 0.181. The summed E-state index contributed by atoms with van der Waals surface area (Å²) in [5, 5.41) is 7.79. The fourth-order valence-electron chi connectivity index (χ4n) is 4.81. The highest BCUT2D eigenvalue weighted by molar-refractivity contribution is 8.00. The van der Waals surface area contributed by atoms with Crippen LogP contribution >= 0.6 is 23.5 Å². The molecule has 0 unspecified atom stereocenters. The minimum atomic E-state index is -0.378. The fourth-order valence-corrected chi connectivity index (χ4v) is 5.75. The first kappa shape index (κ1) is 29.9. The van der Waals surface area contributed by atoms with Gasteiger partial charge >= 0.3 is 0 Å². The summed E-state index contributed by atoms with van der Waals surface area (Å²) < 4.78 is 24.0. The number of nitrogens with zero attached hydrogens (tertiary/aromatic N) is 2. The van der Waals surface area contributed by atoms with Gasteiger partial charge in [0, 0.05) is 34.2 Å². The molecule has 1 saturated carbocycles. The summed E-state index contributed by atoms with van der Waals surface area (Å²) in [6.45, 7) is 2.10. The predicted molar refractivity (Wildman–Crippen MR) is 167 cm³/mol. The number of aromatic nitrogens is 2. The average molecular weight is 582 g/mol. The Morgan fingerprint density at radius 3 is 2.52 bits per heavy atom. The van der Waals surface area contributed by atoms with E-state index in [4.69, 9.17) is 21.3 Å². The Balaban J connectivity index is 0.00000118. The summed E-state index contributed by atoms with van der Waals surface area (Å²) in [6.07, 6.45) is 8.78. The van der Waals surface area contributed by atoms with Crippen molar-refractivity contribution in [2.45, 2.75) is 56.4 Å². The molecule has 1 aliphatic carbocycles. The van der Waals surface area contributed by atoms with Crippen molar-refractivity contribution in [2.75, 3.05) is 31.2 Å². The van der Waals surface area contributed by atoms with Crippen LogP contribution in [0.5, 0.6) is 5.75 Å². The third-order valence-corrected chi connectivity index (χ3v) is 8.13. The lowest BCUT2D eigenvalue weighted by molar-refractivity contribution is 0.416. The van der Waals surface area contributed by atoms with E-state index in [2.05, 4.69) is 33.3 Å². The molecule has 0 aliphatic heterocycles. The van der Waals surface area contributed by atoms with Gasteiger partial charge in [-0.1, -0.05) is 49.9 Å². The van der Waals surface area contributed by atoms with Crippen molar-refractivity contribution in [1.29, 1.82) is 0 Å². The van der Waals surface area contributed by atoms with Crippen molar-refractivity contribution < 1.29 is 9.13 Å². The Morgan fingerprint density at radius 2 is 1.82 bits per heavy atom. The van der Waals surface area contributed by atoms with Gasteiger partial charge in [-0.05, 0) is 86.8 Å². The lowest BCUT2D eigenvalue weighted by Gasteiger charge is -2.23. The molecule has 0 bridgehead atoms. The minimum absolute atomic E-state index is 0.323. The van der Waals surface area contributed by atoms with E-state index >= 15 is 4.39 Å². The van der Waals surface area contributed by atoms with Crippen molar-refractivity contribution in [1.82, 2.24) is 15.3 Å². The maximum absolute atomic E-state index is 15.2. The van der Waals surface area contributed by atoms with E-state index < -0.39 is 0 Å². The molecular weight excluding hydrogens is 545 g/mol. The van der Waals surface area contributed by atoms with Gasteiger partial charge in [0.25, 0.3) is 0 Å². The maximum atomic E-state index is 15.2. The number of anilines is 2. The van der Waals surface area contributed by atoms with Gasteiger partial charge in [-0.15, -0.1) is 0 Å². The maximum Gasteiger partial charge on any atom is 0.223 e. The third kappa shape index (κ3) is 7.36. The molecule has 3 N–H and O–H groups in total. The van der Waals surface area contributed by atoms with E-state index in [1.165, 1.54) is 37.3 Å². The number of rotatable bonds is 8. The molecule has 212 valence electrons. The second-order valence-electron chi connectivity index (χ2n) is 9.77. The summed E-state index contributed by atoms with van der Waals surface area (Å²) in [4.78, 5) is 10.3. The summed E-state index contributed by atoms with van der Waals surface area (Å²) in [5.74, 6) is 0.871. The van der Waals surface area contributed by atoms with E-state index in [1.807, 2.05) is 44.6 Å². The van der Waals surface area contributed by atoms with Crippen LogP contribution in [0.1, 0.15) is 44.6 Å². The van der Waals surface area contributed by atoms with Crippen LogP contribution in [0.2, 0.25) is 5.02 Å². The van der Waals surface area contributed by atoms with E-state index in [1.54, 1.807) is 19.2 Å². The highest BCUT2D eigenvalue weighted by Crippen LogP contribution is 2.38. The van der Waals surface area contributed by atoms with E-state index in [-0.39, 0.29) is 5.82 Å². The molecule has 0 spiro atoms. The standard InChI is InChI=1S/C29H30ClFN4OS.C2H7N/c1-3-18-13-19(14-20-17-32-29(34-28(18)20)33-21-9-5-4-6-10-21)22-15-24(31)25(16-26(22)36-2)35-37-27-12-8-7-11-23(27)30;1-3-2/h7-8,11-17,21,35H,3-6,9-10H2,1-2H3,(H,32,33,34);3H,1-2H3. The molecule has 3 aromatic carbocycles. The highest BCUT2D eigenvalue weighted by atomic mass is 35.5. The third-order valence-electron chi connectivity index (χ3n) is 6.79. The second-order valence-corrected chi connectivity index (χ2v) is 11.0. The van der Waals surface area contributed by atoms with Crippen molar-refractivity contribution in [2.24, 2.45) is 0 Å². The molecule has 1 aliphatic rings. The predicted octanol–water partition coefficient (Wildman–Crippen LogP) is 8.36. The zero-order valence-electron chi connectivity index (χ0n) is 23.5.